The monoisotopic (exact) mass is 410 g/mol. The molecule has 0 aliphatic carbocycles. The molecule has 0 radical (unpaired) electrons. The molecule has 154 valence electrons. The van der Waals surface area contributed by atoms with Gasteiger partial charge in [0.25, 0.3) is 0 Å². The molecular formula is C24H22N6O. The van der Waals surface area contributed by atoms with Crippen molar-refractivity contribution in [2.45, 2.75) is 26.2 Å². The van der Waals surface area contributed by atoms with Gasteiger partial charge in [0.05, 0.1) is 23.3 Å². The number of hydrogen-bond acceptors (Lipinski definition) is 4. The van der Waals surface area contributed by atoms with Crippen LogP contribution in [0, 0.1) is 0 Å². The van der Waals surface area contributed by atoms with Crippen LogP contribution < -0.4 is 5.32 Å². The predicted molar refractivity (Wildman–Crippen MR) is 123 cm³/mol. The Balaban J connectivity index is 1.49. The first-order valence-corrected chi connectivity index (χ1v) is 10.4. The van der Waals surface area contributed by atoms with Gasteiger partial charge in [-0.05, 0) is 30.7 Å². The Bertz CT molecular complexity index is 1350. The lowest BCUT2D eigenvalue weighted by Crippen LogP contribution is -2.11. The molecule has 31 heavy (non-hydrogen) atoms. The zero-order valence-corrected chi connectivity index (χ0v) is 17.1. The largest absolute Gasteiger partial charge is 0.353 e. The number of carbonyl (C=O) groups is 1. The summed E-state index contributed by atoms with van der Waals surface area (Å²) in [5.74, 6) is 0.00492. The lowest BCUT2D eigenvalue weighted by Gasteiger charge is -2.07. The first kappa shape index (κ1) is 19.0. The number of unbranched alkanes of at least 4 members (excludes halogenated alkanes) is 1. The SMILES string of the molecule is CCCCC(=O)Nc1cncc(-c2cnc3n[nH]c(-c4cc5ccccc5[nH]4)c3c2)c1. The number of fused-ring (bicyclic) bond motifs is 2. The Morgan fingerprint density at radius 3 is 2.81 bits per heavy atom. The van der Waals surface area contributed by atoms with Gasteiger partial charge in [-0.3, -0.25) is 14.9 Å². The van der Waals surface area contributed by atoms with Crippen LogP contribution in [-0.4, -0.2) is 31.1 Å². The van der Waals surface area contributed by atoms with Gasteiger partial charge in [0.1, 0.15) is 0 Å². The van der Waals surface area contributed by atoms with Crippen molar-refractivity contribution in [3.63, 3.8) is 0 Å². The van der Waals surface area contributed by atoms with Crippen LogP contribution in [0.4, 0.5) is 5.69 Å². The quantitative estimate of drug-likeness (QED) is 0.354. The first-order valence-electron chi connectivity index (χ1n) is 10.4. The van der Waals surface area contributed by atoms with Crippen molar-refractivity contribution in [1.82, 2.24) is 25.1 Å². The second kappa shape index (κ2) is 8.02. The molecule has 0 saturated heterocycles. The number of carbonyl (C=O) groups excluding carboxylic acids is 1. The molecule has 3 N–H and O–H groups in total. The van der Waals surface area contributed by atoms with Crippen LogP contribution in [0.15, 0.2) is 61.1 Å². The zero-order chi connectivity index (χ0) is 21.2. The number of para-hydroxylation sites is 1. The van der Waals surface area contributed by atoms with Gasteiger partial charge >= 0.3 is 0 Å². The van der Waals surface area contributed by atoms with Gasteiger partial charge in [0, 0.05) is 46.2 Å². The summed E-state index contributed by atoms with van der Waals surface area (Å²) in [5, 5.41) is 12.4. The highest BCUT2D eigenvalue weighted by atomic mass is 16.1. The molecule has 4 aromatic heterocycles. The molecule has 5 aromatic rings. The molecule has 0 fully saturated rings. The van der Waals surface area contributed by atoms with E-state index < -0.39 is 0 Å². The van der Waals surface area contributed by atoms with Crippen molar-refractivity contribution in [1.29, 1.82) is 0 Å². The number of hydrogen-bond donors (Lipinski definition) is 3. The highest BCUT2D eigenvalue weighted by molar-refractivity contribution is 5.96. The van der Waals surface area contributed by atoms with E-state index in [1.165, 1.54) is 0 Å². The van der Waals surface area contributed by atoms with Crippen molar-refractivity contribution in [3.8, 4) is 22.5 Å². The third-order valence-corrected chi connectivity index (χ3v) is 5.32. The van der Waals surface area contributed by atoms with Gasteiger partial charge in [-0.2, -0.15) is 5.10 Å². The molecule has 0 atom stereocenters. The van der Waals surface area contributed by atoms with E-state index in [2.05, 4.69) is 49.5 Å². The molecule has 4 heterocycles. The fraction of sp³-hybridized carbons (Fsp3) is 0.167. The first-order chi connectivity index (χ1) is 15.2. The van der Waals surface area contributed by atoms with Gasteiger partial charge in [0.15, 0.2) is 5.65 Å². The summed E-state index contributed by atoms with van der Waals surface area (Å²) in [4.78, 5) is 24.3. The van der Waals surface area contributed by atoms with E-state index in [9.17, 15) is 4.79 Å². The van der Waals surface area contributed by atoms with Crippen LogP contribution >= 0.6 is 0 Å². The normalized spacial score (nSPS) is 11.3. The summed E-state index contributed by atoms with van der Waals surface area (Å²) in [7, 11) is 0. The number of nitrogens with one attached hydrogen (secondary N) is 3. The van der Waals surface area contributed by atoms with Crippen molar-refractivity contribution in [2.24, 2.45) is 0 Å². The topological polar surface area (TPSA) is 99.3 Å². The van der Waals surface area contributed by atoms with Crippen molar-refractivity contribution >= 4 is 33.5 Å². The molecule has 7 nitrogen and oxygen atoms in total. The lowest BCUT2D eigenvalue weighted by atomic mass is 10.1. The molecule has 0 aliphatic heterocycles. The third-order valence-electron chi connectivity index (χ3n) is 5.32. The maximum atomic E-state index is 12.1. The summed E-state index contributed by atoms with van der Waals surface area (Å²) < 4.78 is 0. The number of nitrogens with zero attached hydrogens (tertiary/aromatic N) is 3. The number of amides is 1. The highest BCUT2D eigenvalue weighted by Gasteiger charge is 2.13. The van der Waals surface area contributed by atoms with Crippen LogP contribution in [0.2, 0.25) is 0 Å². The average molecular weight is 410 g/mol. The minimum absolute atomic E-state index is 0.00492. The number of aromatic amines is 2. The van der Waals surface area contributed by atoms with E-state index in [1.54, 1.807) is 18.6 Å². The maximum Gasteiger partial charge on any atom is 0.224 e. The number of H-pyrrole nitrogens is 2. The van der Waals surface area contributed by atoms with Gasteiger partial charge in [-0.1, -0.05) is 31.5 Å². The van der Waals surface area contributed by atoms with E-state index in [4.69, 9.17) is 0 Å². The third kappa shape index (κ3) is 3.77. The summed E-state index contributed by atoms with van der Waals surface area (Å²) in [5.41, 5.74) is 6.03. The van der Waals surface area contributed by atoms with Gasteiger partial charge in [0.2, 0.25) is 5.91 Å². The number of aromatic nitrogens is 5. The zero-order valence-electron chi connectivity index (χ0n) is 17.1. The second-order valence-corrected chi connectivity index (χ2v) is 7.58. The molecular weight excluding hydrogens is 388 g/mol. The van der Waals surface area contributed by atoms with Crippen LogP contribution in [-0.2, 0) is 4.79 Å². The molecule has 0 spiro atoms. The van der Waals surface area contributed by atoms with Crippen LogP contribution in [0.25, 0.3) is 44.5 Å². The smallest absolute Gasteiger partial charge is 0.224 e. The molecule has 5 rings (SSSR count). The lowest BCUT2D eigenvalue weighted by molar-refractivity contribution is -0.116. The standard InChI is InChI=1S/C24H22N6O/c1-2-3-8-22(31)27-18-9-16(12-25-14-18)17-10-19-23(29-30-24(19)26-13-17)21-11-15-6-4-5-7-20(15)28-21/h4-7,9-14,28H,2-3,8H2,1H3,(H,27,31)(H,26,29,30). The van der Waals surface area contributed by atoms with E-state index in [0.717, 1.165) is 51.6 Å². The predicted octanol–water partition coefficient (Wildman–Crippen LogP) is 5.30. The minimum Gasteiger partial charge on any atom is -0.353 e. The van der Waals surface area contributed by atoms with E-state index >= 15 is 0 Å². The van der Waals surface area contributed by atoms with E-state index in [-0.39, 0.29) is 5.91 Å². The molecule has 0 bridgehead atoms. The fourth-order valence-corrected chi connectivity index (χ4v) is 3.70. The average Bonchev–Trinajstić information content (AvgIpc) is 3.41. The second-order valence-electron chi connectivity index (χ2n) is 7.58. The number of benzene rings is 1. The van der Waals surface area contributed by atoms with E-state index in [0.29, 0.717) is 17.8 Å². The van der Waals surface area contributed by atoms with Gasteiger partial charge in [-0.15, -0.1) is 0 Å². The van der Waals surface area contributed by atoms with Crippen LogP contribution in [0.5, 0.6) is 0 Å². The fourth-order valence-electron chi connectivity index (χ4n) is 3.70. The van der Waals surface area contributed by atoms with Crippen molar-refractivity contribution < 1.29 is 4.79 Å². The highest BCUT2D eigenvalue weighted by Crippen LogP contribution is 2.31. The van der Waals surface area contributed by atoms with Crippen molar-refractivity contribution in [3.05, 3.63) is 61.1 Å². The molecule has 7 heteroatoms. The summed E-state index contributed by atoms with van der Waals surface area (Å²) in [6.45, 7) is 2.07. The maximum absolute atomic E-state index is 12.1. The molecule has 1 amide bonds. The van der Waals surface area contributed by atoms with Gasteiger partial charge < -0.3 is 10.3 Å². The van der Waals surface area contributed by atoms with Gasteiger partial charge in [-0.25, -0.2) is 4.98 Å². The van der Waals surface area contributed by atoms with Crippen LogP contribution in [0.3, 0.4) is 0 Å². The Hall–Kier alpha value is -4.00. The number of pyridine rings is 2. The Kier molecular flexibility index (Phi) is 4.92. The number of anilines is 1. The Labute approximate surface area is 178 Å². The van der Waals surface area contributed by atoms with Crippen LogP contribution in [0.1, 0.15) is 26.2 Å². The molecule has 0 aliphatic rings. The molecule has 0 unspecified atom stereocenters. The Morgan fingerprint density at radius 2 is 1.94 bits per heavy atom. The summed E-state index contributed by atoms with van der Waals surface area (Å²) in [6.07, 6.45) is 7.58. The van der Waals surface area contributed by atoms with Crippen molar-refractivity contribution in [2.75, 3.05) is 5.32 Å². The summed E-state index contributed by atoms with van der Waals surface area (Å²) in [6, 6.07) is 14.2. The minimum atomic E-state index is 0.00492. The summed E-state index contributed by atoms with van der Waals surface area (Å²) >= 11 is 0. The molecule has 0 saturated carbocycles. The van der Waals surface area contributed by atoms with E-state index in [1.807, 2.05) is 30.3 Å². The molecule has 1 aromatic carbocycles. The Morgan fingerprint density at radius 1 is 1.06 bits per heavy atom. The number of rotatable bonds is 6.